The summed E-state index contributed by atoms with van der Waals surface area (Å²) < 4.78 is 0. The van der Waals surface area contributed by atoms with Crippen molar-refractivity contribution in [3.05, 3.63) is 39.8 Å². The van der Waals surface area contributed by atoms with Crippen molar-refractivity contribution in [1.29, 1.82) is 0 Å². The van der Waals surface area contributed by atoms with Crippen LogP contribution < -0.4 is 4.90 Å². The molecule has 2 aromatic rings. The van der Waals surface area contributed by atoms with E-state index in [1.54, 1.807) is 11.3 Å². The molecule has 1 aromatic heterocycles. The number of hydrogen-bond donors (Lipinski definition) is 0. The molecule has 2 aliphatic heterocycles. The lowest BCUT2D eigenvalue weighted by Crippen LogP contribution is -2.28. The number of nitrogens with zero attached hydrogens (tertiary/aromatic N) is 4. The van der Waals surface area contributed by atoms with Crippen molar-refractivity contribution < 1.29 is 4.79 Å². The summed E-state index contributed by atoms with van der Waals surface area (Å²) in [6.07, 6.45) is 2.78. The van der Waals surface area contributed by atoms with E-state index in [-0.39, 0.29) is 0 Å². The van der Waals surface area contributed by atoms with Gasteiger partial charge >= 0.3 is 0 Å². The summed E-state index contributed by atoms with van der Waals surface area (Å²) >= 11 is 1.67. The molecule has 2 aliphatic rings. The van der Waals surface area contributed by atoms with Crippen molar-refractivity contribution in [2.24, 2.45) is 0 Å². The van der Waals surface area contributed by atoms with E-state index < -0.39 is 0 Å². The molecule has 0 bridgehead atoms. The minimum atomic E-state index is 0.322. The van der Waals surface area contributed by atoms with Gasteiger partial charge in [-0.1, -0.05) is 29.5 Å². The highest BCUT2D eigenvalue weighted by Gasteiger charge is 2.30. The lowest BCUT2D eigenvalue weighted by atomic mass is 9.98. The van der Waals surface area contributed by atoms with Crippen molar-refractivity contribution in [3.8, 4) is 0 Å². The number of hydrogen-bond acceptors (Lipinski definition) is 5. The maximum atomic E-state index is 11.8. The third-order valence-electron chi connectivity index (χ3n) is 4.97. The molecule has 24 heavy (non-hydrogen) atoms. The van der Waals surface area contributed by atoms with Crippen LogP contribution in [0, 0.1) is 6.92 Å². The molecule has 0 N–H and O–H groups in total. The second-order valence-electron chi connectivity index (χ2n) is 6.62. The number of rotatable bonds is 5. The largest absolute Gasteiger partial charge is 0.364 e. The quantitative estimate of drug-likeness (QED) is 0.838. The monoisotopic (exact) mass is 342 g/mol. The van der Waals surface area contributed by atoms with Crippen LogP contribution in [0.15, 0.2) is 24.3 Å². The van der Waals surface area contributed by atoms with Gasteiger partial charge in [0.1, 0.15) is 10.0 Å². The van der Waals surface area contributed by atoms with E-state index in [1.807, 2.05) is 11.8 Å². The molecule has 0 unspecified atom stereocenters. The highest BCUT2D eigenvalue weighted by atomic mass is 32.1. The number of benzene rings is 1. The molecule has 1 saturated heterocycles. The number of aryl methyl sites for hydroxylation is 1. The molecule has 0 saturated carbocycles. The second kappa shape index (κ2) is 6.51. The number of para-hydroxylation sites is 1. The van der Waals surface area contributed by atoms with Crippen molar-refractivity contribution in [3.63, 3.8) is 0 Å². The predicted molar refractivity (Wildman–Crippen MR) is 95.3 cm³/mol. The first kappa shape index (κ1) is 15.6. The predicted octanol–water partition coefficient (Wildman–Crippen LogP) is 2.96. The van der Waals surface area contributed by atoms with Crippen LogP contribution >= 0.6 is 11.3 Å². The minimum absolute atomic E-state index is 0.322. The first-order chi connectivity index (χ1) is 11.7. The summed E-state index contributed by atoms with van der Waals surface area (Å²) in [6, 6.07) is 8.65. The molecule has 0 spiro atoms. The Morgan fingerprint density at radius 3 is 2.88 bits per heavy atom. The second-order valence-corrected chi connectivity index (χ2v) is 7.89. The number of amides is 1. The third-order valence-corrected chi connectivity index (χ3v) is 5.79. The van der Waals surface area contributed by atoms with Gasteiger partial charge in [-0.3, -0.25) is 4.79 Å². The molecular weight excluding hydrogens is 320 g/mol. The maximum absolute atomic E-state index is 11.8. The van der Waals surface area contributed by atoms with Gasteiger partial charge in [-0.05, 0) is 31.4 Å². The lowest BCUT2D eigenvalue weighted by Gasteiger charge is -2.20. The van der Waals surface area contributed by atoms with E-state index in [4.69, 9.17) is 0 Å². The van der Waals surface area contributed by atoms with Gasteiger partial charge in [0.25, 0.3) is 0 Å². The topological polar surface area (TPSA) is 49.3 Å². The van der Waals surface area contributed by atoms with Crippen molar-refractivity contribution in [1.82, 2.24) is 15.1 Å². The Morgan fingerprint density at radius 1 is 1.25 bits per heavy atom. The van der Waals surface area contributed by atoms with Crippen LogP contribution in [0.3, 0.4) is 0 Å². The number of carbonyl (C=O) groups excluding carboxylic acids is 1. The van der Waals surface area contributed by atoms with Crippen molar-refractivity contribution in [2.75, 3.05) is 24.5 Å². The van der Waals surface area contributed by atoms with Crippen molar-refractivity contribution >= 4 is 22.9 Å². The summed E-state index contributed by atoms with van der Waals surface area (Å²) in [4.78, 5) is 16.3. The number of likely N-dealkylation sites (tertiary alicyclic amines) is 1. The van der Waals surface area contributed by atoms with E-state index in [0.717, 1.165) is 55.5 Å². The van der Waals surface area contributed by atoms with E-state index in [0.29, 0.717) is 11.8 Å². The van der Waals surface area contributed by atoms with E-state index in [9.17, 15) is 4.79 Å². The fraction of sp³-hybridized carbons (Fsp3) is 0.500. The molecule has 4 rings (SSSR count). The molecule has 3 heterocycles. The number of aromatic nitrogens is 2. The molecule has 1 aromatic carbocycles. The fourth-order valence-corrected chi connectivity index (χ4v) is 4.52. The normalized spacial score (nSPS) is 20.0. The molecular formula is C18H22N4OS. The molecule has 126 valence electrons. The molecule has 1 atom stereocenters. The van der Waals surface area contributed by atoms with Crippen LogP contribution in [-0.2, 0) is 11.3 Å². The van der Waals surface area contributed by atoms with Crippen LogP contribution in [0.2, 0.25) is 0 Å². The Morgan fingerprint density at radius 2 is 2.12 bits per heavy atom. The molecule has 1 fully saturated rings. The fourth-order valence-electron chi connectivity index (χ4n) is 3.80. The van der Waals surface area contributed by atoms with E-state index in [2.05, 4.69) is 39.4 Å². The number of anilines is 1. The molecule has 5 nitrogen and oxygen atoms in total. The Bertz CT molecular complexity index is 744. The average Bonchev–Trinajstić information content (AvgIpc) is 3.27. The smallest absolute Gasteiger partial charge is 0.222 e. The Labute approximate surface area is 146 Å². The van der Waals surface area contributed by atoms with Crippen LogP contribution in [0.25, 0.3) is 0 Å². The zero-order valence-corrected chi connectivity index (χ0v) is 14.8. The van der Waals surface area contributed by atoms with Gasteiger partial charge in [0.05, 0.1) is 6.54 Å². The average molecular weight is 342 g/mol. The summed E-state index contributed by atoms with van der Waals surface area (Å²) in [5.74, 6) is 0.811. The highest BCUT2D eigenvalue weighted by molar-refractivity contribution is 7.11. The maximum Gasteiger partial charge on any atom is 0.222 e. The van der Waals surface area contributed by atoms with Crippen molar-refractivity contribution in [2.45, 2.75) is 38.6 Å². The molecule has 0 radical (unpaired) electrons. The zero-order chi connectivity index (χ0) is 16.5. The van der Waals surface area contributed by atoms with Gasteiger partial charge in [0.15, 0.2) is 0 Å². The SMILES string of the molecule is Cc1nnc(CN2C[C@H](CCN3CCCC3=O)c3ccccc32)s1. The lowest BCUT2D eigenvalue weighted by molar-refractivity contribution is -0.127. The zero-order valence-electron chi connectivity index (χ0n) is 13.9. The van der Waals surface area contributed by atoms with Gasteiger partial charge in [-0.15, -0.1) is 10.2 Å². The highest BCUT2D eigenvalue weighted by Crippen LogP contribution is 2.39. The van der Waals surface area contributed by atoms with Crippen LogP contribution in [0.1, 0.15) is 40.8 Å². The van der Waals surface area contributed by atoms with Gasteiger partial charge in [0, 0.05) is 37.7 Å². The number of fused-ring (bicyclic) bond motifs is 1. The van der Waals surface area contributed by atoms with Crippen LogP contribution in [-0.4, -0.2) is 40.6 Å². The Balaban J connectivity index is 1.47. The Kier molecular flexibility index (Phi) is 4.22. The standard InChI is InChI=1S/C18H22N4OS/c1-13-19-20-17(24-13)12-22-11-14(15-5-2-3-6-16(15)22)8-10-21-9-4-7-18(21)23/h2-3,5-6,14H,4,7-12H2,1H3/t14-/m0/s1. The molecule has 1 amide bonds. The van der Waals surface area contributed by atoms with E-state index >= 15 is 0 Å². The summed E-state index contributed by atoms with van der Waals surface area (Å²) in [6.45, 7) is 5.63. The minimum Gasteiger partial charge on any atom is -0.364 e. The van der Waals surface area contributed by atoms with Gasteiger partial charge < -0.3 is 9.80 Å². The third kappa shape index (κ3) is 3.02. The Hall–Kier alpha value is -1.95. The first-order valence-corrected chi connectivity index (χ1v) is 9.43. The molecule has 0 aliphatic carbocycles. The number of carbonyl (C=O) groups is 1. The van der Waals surface area contributed by atoms with Gasteiger partial charge in [0.2, 0.25) is 5.91 Å². The van der Waals surface area contributed by atoms with E-state index in [1.165, 1.54) is 11.3 Å². The first-order valence-electron chi connectivity index (χ1n) is 8.61. The van der Waals surface area contributed by atoms with Crippen LogP contribution in [0.4, 0.5) is 5.69 Å². The van der Waals surface area contributed by atoms with Crippen LogP contribution in [0.5, 0.6) is 0 Å². The van der Waals surface area contributed by atoms with Gasteiger partial charge in [-0.25, -0.2) is 0 Å². The van der Waals surface area contributed by atoms with Gasteiger partial charge in [-0.2, -0.15) is 0 Å². The molecule has 6 heteroatoms. The summed E-state index contributed by atoms with van der Waals surface area (Å²) in [5, 5.41) is 10.5. The summed E-state index contributed by atoms with van der Waals surface area (Å²) in [7, 11) is 0. The summed E-state index contributed by atoms with van der Waals surface area (Å²) in [5.41, 5.74) is 2.72.